The van der Waals surface area contributed by atoms with Crippen LogP contribution in [0.15, 0.2) is 24.5 Å². The maximum atomic E-state index is 13.2. The summed E-state index contributed by atoms with van der Waals surface area (Å²) in [5.74, 6) is -0.675. The molecule has 0 amide bonds. The molecule has 0 spiro atoms. The van der Waals surface area contributed by atoms with Crippen LogP contribution in [0.3, 0.4) is 0 Å². The molecular formula is C25H29F3N6O. The van der Waals surface area contributed by atoms with Crippen molar-refractivity contribution in [1.82, 2.24) is 24.7 Å². The Morgan fingerprint density at radius 2 is 1.80 bits per heavy atom. The second-order valence-corrected chi connectivity index (χ2v) is 10.1. The predicted octanol–water partition coefficient (Wildman–Crippen LogP) is 5.28. The van der Waals surface area contributed by atoms with Gasteiger partial charge in [-0.15, -0.1) is 0 Å². The van der Waals surface area contributed by atoms with Crippen molar-refractivity contribution in [2.75, 3.05) is 24.6 Å². The van der Waals surface area contributed by atoms with Crippen LogP contribution in [0.2, 0.25) is 0 Å². The molecule has 35 heavy (non-hydrogen) atoms. The minimum Gasteiger partial charge on any atom is -0.370 e. The number of aromatic nitrogens is 5. The lowest BCUT2D eigenvalue weighted by atomic mass is 9.79. The highest BCUT2D eigenvalue weighted by Gasteiger charge is 2.42. The van der Waals surface area contributed by atoms with E-state index in [-0.39, 0.29) is 24.9 Å². The number of ether oxygens (including phenoxy) is 1. The molecule has 3 aliphatic rings. The van der Waals surface area contributed by atoms with Crippen LogP contribution >= 0.6 is 0 Å². The van der Waals surface area contributed by atoms with Crippen LogP contribution in [-0.4, -0.2) is 50.6 Å². The number of morpholine rings is 1. The summed E-state index contributed by atoms with van der Waals surface area (Å²) < 4.78 is 47.8. The summed E-state index contributed by atoms with van der Waals surface area (Å²) in [6.45, 7) is 3.68. The fourth-order valence-corrected chi connectivity index (χ4v) is 5.35. The van der Waals surface area contributed by atoms with Gasteiger partial charge < -0.3 is 9.64 Å². The van der Waals surface area contributed by atoms with E-state index >= 15 is 0 Å². The monoisotopic (exact) mass is 486 g/mol. The van der Waals surface area contributed by atoms with Crippen molar-refractivity contribution in [1.29, 1.82) is 0 Å². The van der Waals surface area contributed by atoms with Crippen molar-refractivity contribution in [3.8, 4) is 0 Å². The van der Waals surface area contributed by atoms with E-state index in [4.69, 9.17) is 14.7 Å². The third-order valence-corrected chi connectivity index (χ3v) is 7.56. The zero-order valence-corrected chi connectivity index (χ0v) is 19.7. The topological polar surface area (TPSA) is 69.0 Å². The summed E-state index contributed by atoms with van der Waals surface area (Å²) in [6, 6.07) is 4.39. The van der Waals surface area contributed by atoms with Gasteiger partial charge in [-0.25, -0.2) is 9.97 Å². The number of halogens is 3. The predicted molar refractivity (Wildman–Crippen MR) is 124 cm³/mol. The lowest BCUT2D eigenvalue weighted by Crippen LogP contribution is -2.39. The van der Waals surface area contributed by atoms with Crippen LogP contribution in [0.5, 0.6) is 0 Å². The molecule has 4 heterocycles. The highest BCUT2D eigenvalue weighted by molar-refractivity contribution is 5.79. The molecule has 0 bridgehead atoms. The summed E-state index contributed by atoms with van der Waals surface area (Å²) in [4.78, 5) is 16.5. The summed E-state index contributed by atoms with van der Waals surface area (Å²) in [5.41, 5.74) is 3.32. The third-order valence-electron chi connectivity index (χ3n) is 7.56. The Labute approximate surface area is 201 Å². The van der Waals surface area contributed by atoms with Gasteiger partial charge in [0.1, 0.15) is 6.10 Å². The van der Waals surface area contributed by atoms with Crippen molar-refractivity contribution in [3.05, 3.63) is 41.5 Å². The number of nitrogens with zero attached hydrogens (tertiary/aromatic N) is 6. The van der Waals surface area contributed by atoms with Gasteiger partial charge in [0.25, 0.3) is 0 Å². The number of aryl methyl sites for hydroxylation is 1. The Kier molecular flexibility index (Phi) is 5.66. The normalized spacial score (nSPS) is 25.8. The smallest absolute Gasteiger partial charge is 0.370 e. The van der Waals surface area contributed by atoms with Crippen molar-refractivity contribution in [2.45, 2.75) is 69.7 Å². The number of hydrogen-bond donors (Lipinski definition) is 0. The van der Waals surface area contributed by atoms with Crippen LogP contribution in [0.25, 0.3) is 11.0 Å². The highest BCUT2D eigenvalue weighted by atomic mass is 19.4. The average Bonchev–Trinajstić information content (AvgIpc) is 3.59. The van der Waals surface area contributed by atoms with Crippen LogP contribution < -0.4 is 4.90 Å². The largest absolute Gasteiger partial charge is 0.391 e. The zero-order valence-electron chi connectivity index (χ0n) is 19.7. The molecular weight excluding hydrogens is 457 g/mol. The van der Waals surface area contributed by atoms with Gasteiger partial charge in [0.15, 0.2) is 5.65 Å². The minimum absolute atomic E-state index is 0.0315. The number of pyridine rings is 1. The fourth-order valence-electron chi connectivity index (χ4n) is 5.35. The second kappa shape index (κ2) is 8.72. The Morgan fingerprint density at radius 1 is 1.00 bits per heavy atom. The third kappa shape index (κ3) is 4.60. The minimum atomic E-state index is -4.13. The maximum Gasteiger partial charge on any atom is 0.391 e. The van der Waals surface area contributed by atoms with E-state index in [2.05, 4.69) is 21.2 Å². The average molecular weight is 487 g/mol. The molecule has 3 aromatic heterocycles. The van der Waals surface area contributed by atoms with Crippen molar-refractivity contribution in [2.24, 2.45) is 5.92 Å². The molecule has 0 N–H and O–H groups in total. The molecule has 3 aromatic rings. The van der Waals surface area contributed by atoms with E-state index in [9.17, 15) is 13.2 Å². The van der Waals surface area contributed by atoms with Gasteiger partial charge in [0.05, 0.1) is 37.0 Å². The van der Waals surface area contributed by atoms with Crippen LogP contribution in [0.4, 0.5) is 19.1 Å². The number of rotatable bonds is 4. The van der Waals surface area contributed by atoms with Gasteiger partial charge in [0, 0.05) is 35.3 Å². The Hall–Kier alpha value is -2.75. The van der Waals surface area contributed by atoms with E-state index in [0.717, 1.165) is 22.3 Å². The highest BCUT2D eigenvalue weighted by Crippen LogP contribution is 2.44. The van der Waals surface area contributed by atoms with Crippen LogP contribution in [0, 0.1) is 12.8 Å². The lowest BCUT2D eigenvalue weighted by Gasteiger charge is -2.34. The van der Waals surface area contributed by atoms with Gasteiger partial charge in [-0.05, 0) is 57.6 Å². The van der Waals surface area contributed by atoms with Gasteiger partial charge in [-0.3, -0.25) is 4.68 Å². The van der Waals surface area contributed by atoms with Crippen molar-refractivity contribution < 1.29 is 17.9 Å². The second-order valence-electron chi connectivity index (χ2n) is 10.1. The fraction of sp³-hybridized carbons (Fsp3) is 0.600. The first kappa shape index (κ1) is 22.7. The molecule has 6 rings (SSSR count). The lowest BCUT2D eigenvalue weighted by molar-refractivity contribution is -0.182. The summed E-state index contributed by atoms with van der Waals surface area (Å²) >= 11 is 0. The molecule has 2 aliphatic carbocycles. The molecule has 0 radical (unpaired) electrons. The van der Waals surface area contributed by atoms with Gasteiger partial charge in [0.2, 0.25) is 5.95 Å². The molecule has 1 aliphatic heterocycles. The zero-order chi connectivity index (χ0) is 24.2. The van der Waals surface area contributed by atoms with E-state index in [0.29, 0.717) is 50.2 Å². The summed E-state index contributed by atoms with van der Waals surface area (Å²) in [6.07, 6.45) is 3.24. The molecule has 10 heteroatoms. The first-order valence-electron chi connectivity index (χ1n) is 12.5. The molecule has 7 nitrogen and oxygen atoms in total. The Morgan fingerprint density at radius 3 is 2.54 bits per heavy atom. The Balaban J connectivity index is 1.29. The van der Waals surface area contributed by atoms with E-state index < -0.39 is 12.1 Å². The summed E-state index contributed by atoms with van der Waals surface area (Å²) in [5, 5.41) is 5.34. The number of anilines is 1. The standard InChI is InChI=1S/C25H29F3N6O/c1-15-2-9-20-22(16-3-5-18(6-4-16)25(26,27)28)31-24(32-23(20)30-15)33-10-11-35-21(14-33)17-12-29-34(13-17)19-7-8-19/h2,9,12-13,16,18-19,21H,3-8,10-11,14H2,1H3/t16-,18+,21-/m1/s1. The number of alkyl halides is 3. The van der Waals surface area contributed by atoms with E-state index in [1.807, 2.05) is 29.9 Å². The maximum absolute atomic E-state index is 13.2. The molecule has 3 fully saturated rings. The summed E-state index contributed by atoms with van der Waals surface area (Å²) in [7, 11) is 0. The Bertz CT molecular complexity index is 1220. The first-order chi connectivity index (χ1) is 16.8. The van der Waals surface area contributed by atoms with Gasteiger partial charge in [-0.1, -0.05) is 0 Å². The van der Waals surface area contributed by atoms with Crippen LogP contribution in [-0.2, 0) is 4.74 Å². The molecule has 1 atom stereocenters. The quantitative estimate of drug-likeness (QED) is 0.500. The molecule has 1 saturated heterocycles. The molecule has 186 valence electrons. The van der Waals surface area contributed by atoms with Crippen molar-refractivity contribution >= 4 is 17.0 Å². The number of fused-ring (bicyclic) bond motifs is 1. The van der Waals surface area contributed by atoms with Crippen LogP contribution in [0.1, 0.15) is 73.5 Å². The molecule has 2 saturated carbocycles. The van der Waals surface area contributed by atoms with Gasteiger partial charge in [-0.2, -0.15) is 23.3 Å². The molecule has 0 unspecified atom stereocenters. The number of hydrogen-bond acceptors (Lipinski definition) is 6. The molecule has 0 aromatic carbocycles. The van der Waals surface area contributed by atoms with Gasteiger partial charge >= 0.3 is 6.18 Å². The van der Waals surface area contributed by atoms with E-state index in [1.54, 1.807) is 0 Å². The van der Waals surface area contributed by atoms with E-state index in [1.165, 1.54) is 12.8 Å². The first-order valence-corrected chi connectivity index (χ1v) is 12.5. The van der Waals surface area contributed by atoms with Crippen molar-refractivity contribution in [3.63, 3.8) is 0 Å². The SMILES string of the molecule is Cc1ccc2c(n1)nc(N1CCO[C@@H](c3cnn(C4CC4)c3)C1)nc2[C@H]1CC[C@@H](C(F)(F)F)CC1.